The summed E-state index contributed by atoms with van der Waals surface area (Å²) >= 11 is 1.62. The summed E-state index contributed by atoms with van der Waals surface area (Å²) in [5, 5.41) is 11.9. The molecule has 2 rings (SSSR count). The first kappa shape index (κ1) is 13.2. The monoisotopic (exact) mass is 275 g/mol. The van der Waals surface area contributed by atoms with E-state index < -0.39 is 5.97 Å². The normalized spacial score (nSPS) is 10.2. The van der Waals surface area contributed by atoms with Crippen molar-refractivity contribution >= 4 is 34.9 Å². The zero-order chi connectivity index (χ0) is 13.8. The first-order chi connectivity index (χ1) is 9.10. The van der Waals surface area contributed by atoms with Crippen LogP contribution in [-0.4, -0.2) is 22.3 Å². The summed E-state index contributed by atoms with van der Waals surface area (Å²) in [6.07, 6.45) is 1.98. The molecule has 0 aliphatic heterocycles. The van der Waals surface area contributed by atoms with Crippen LogP contribution in [0.15, 0.2) is 41.3 Å². The third kappa shape index (κ3) is 3.17. The van der Waals surface area contributed by atoms with Crippen LogP contribution >= 0.6 is 11.8 Å². The molecule has 0 aliphatic rings. The number of aromatic carboxylic acids is 1. The summed E-state index contributed by atoms with van der Waals surface area (Å²) in [4.78, 5) is 16.0. The van der Waals surface area contributed by atoms with Crippen LogP contribution in [0.1, 0.15) is 10.5 Å². The second kappa shape index (κ2) is 5.62. The summed E-state index contributed by atoms with van der Waals surface area (Å²) in [5.74, 6) is -0.737. The average molecular weight is 275 g/mol. The van der Waals surface area contributed by atoms with Gasteiger partial charge < -0.3 is 16.2 Å². The summed E-state index contributed by atoms with van der Waals surface area (Å²) in [6, 6.07) is 10.6. The lowest BCUT2D eigenvalue weighted by Gasteiger charge is -2.09. The maximum Gasteiger partial charge on any atom is 0.354 e. The lowest BCUT2D eigenvalue weighted by Crippen LogP contribution is -2.05. The molecule has 0 spiro atoms. The minimum atomic E-state index is -1.08. The Kier molecular flexibility index (Phi) is 3.91. The molecule has 0 aliphatic carbocycles. The van der Waals surface area contributed by atoms with Gasteiger partial charge >= 0.3 is 5.97 Å². The second-order valence-corrected chi connectivity index (χ2v) is 4.68. The Morgan fingerprint density at radius 1 is 1.37 bits per heavy atom. The van der Waals surface area contributed by atoms with Crippen molar-refractivity contribution in [3.05, 3.63) is 42.1 Å². The highest BCUT2D eigenvalue weighted by Gasteiger charge is 2.09. The molecule has 0 fully saturated rings. The molecule has 2 aromatic rings. The van der Waals surface area contributed by atoms with Crippen LogP contribution in [0.3, 0.4) is 0 Å². The van der Waals surface area contributed by atoms with E-state index in [9.17, 15) is 4.79 Å². The molecule has 19 heavy (non-hydrogen) atoms. The van der Waals surface area contributed by atoms with E-state index >= 15 is 0 Å². The third-order valence-electron chi connectivity index (χ3n) is 2.48. The maximum absolute atomic E-state index is 10.9. The number of hydrogen-bond donors (Lipinski definition) is 3. The number of carbonyl (C=O) groups is 1. The van der Waals surface area contributed by atoms with Gasteiger partial charge in [-0.05, 0) is 36.6 Å². The van der Waals surface area contributed by atoms with E-state index in [2.05, 4.69) is 10.3 Å². The Bertz CT molecular complexity index is 617. The molecule has 1 aromatic carbocycles. The summed E-state index contributed by atoms with van der Waals surface area (Å²) in [7, 11) is 0. The van der Waals surface area contributed by atoms with Crippen molar-refractivity contribution in [3.8, 4) is 0 Å². The first-order valence-electron chi connectivity index (χ1n) is 5.51. The van der Waals surface area contributed by atoms with E-state index in [1.165, 1.54) is 12.1 Å². The number of thioether (sulfide) groups is 1. The van der Waals surface area contributed by atoms with Crippen molar-refractivity contribution in [3.63, 3.8) is 0 Å². The highest BCUT2D eigenvalue weighted by molar-refractivity contribution is 7.98. The molecule has 98 valence electrons. The smallest absolute Gasteiger partial charge is 0.354 e. The average Bonchev–Trinajstić information content (AvgIpc) is 2.41. The SMILES string of the molecule is CSc1cccc(Nc2nc(C(=O)O)ccc2N)c1. The van der Waals surface area contributed by atoms with Crippen molar-refractivity contribution in [2.75, 3.05) is 17.3 Å². The molecular formula is C13H13N3O2S. The standard InChI is InChI=1S/C13H13N3O2S/c1-19-9-4-2-3-8(7-9)15-12-10(14)5-6-11(16-12)13(17)18/h2-7H,14H2,1H3,(H,15,16)(H,17,18). The van der Waals surface area contributed by atoms with Gasteiger partial charge in [0.25, 0.3) is 0 Å². The van der Waals surface area contributed by atoms with Crippen LogP contribution in [0.5, 0.6) is 0 Å². The molecule has 0 radical (unpaired) electrons. The Hall–Kier alpha value is -2.21. The highest BCUT2D eigenvalue weighted by atomic mass is 32.2. The van der Waals surface area contributed by atoms with Crippen molar-refractivity contribution in [1.29, 1.82) is 0 Å². The van der Waals surface area contributed by atoms with Gasteiger partial charge in [-0.3, -0.25) is 0 Å². The van der Waals surface area contributed by atoms with Crippen LogP contribution in [0.4, 0.5) is 17.2 Å². The van der Waals surface area contributed by atoms with E-state index in [1.807, 2.05) is 30.5 Å². The number of aromatic nitrogens is 1. The quantitative estimate of drug-likeness (QED) is 0.744. The van der Waals surface area contributed by atoms with Gasteiger partial charge in [0.15, 0.2) is 11.5 Å². The number of benzene rings is 1. The molecule has 0 saturated carbocycles. The Morgan fingerprint density at radius 2 is 2.16 bits per heavy atom. The number of nitrogen functional groups attached to an aromatic ring is 1. The molecule has 5 nitrogen and oxygen atoms in total. The van der Waals surface area contributed by atoms with Gasteiger partial charge in [0.05, 0.1) is 5.69 Å². The van der Waals surface area contributed by atoms with E-state index in [-0.39, 0.29) is 5.69 Å². The molecular weight excluding hydrogens is 262 g/mol. The molecule has 0 saturated heterocycles. The predicted octanol–water partition coefficient (Wildman–Crippen LogP) is 2.83. The van der Waals surface area contributed by atoms with Gasteiger partial charge in [-0.1, -0.05) is 6.07 Å². The lowest BCUT2D eigenvalue weighted by molar-refractivity contribution is 0.0690. The van der Waals surface area contributed by atoms with Gasteiger partial charge in [-0.2, -0.15) is 0 Å². The summed E-state index contributed by atoms with van der Waals surface area (Å²) in [5.41, 5.74) is 6.96. The van der Waals surface area contributed by atoms with Crippen LogP contribution < -0.4 is 11.1 Å². The first-order valence-corrected chi connectivity index (χ1v) is 6.73. The number of anilines is 3. The Morgan fingerprint density at radius 3 is 2.84 bits per heavy atom. The fraction of sp³-hybridized carbons (Fsp3) is 0.0769. The molecule has 0 atom stereocenters. The largest absolute Gasteiger partial charge is 0.477 e. The third-order valence-corrected chi connectivity index (χ3v) is 3.20. The van der Waals surface area contributed by atoms with E-state index in [0.29, 0.717) is 11.5 Å². The molecule has 1 aromatic heterocycles. The minimum absolute atomic E-state index is 0.0438. The molecule has 4 N–H and O–H groups in total. The lowest BCUT2D eigenvalue weighted by atomic mass is 10.3. The van der Waals surface area contributed by atoms with Crippen molar-refractivity contribution < 1.29 is 9.90 Å². The molecule has 0 unspecified atom stereocenters. The summed E-state index contributed by atoms with van der Waals surface area (Å²) in [6.45, 7) is 0. The molecule has 0 bridgehead atoms. The van der Waals surface area contributed by atoms with Crippen molar-refractivity contribution in [2.45, 2.75) is 4.90 Å². The second-order valence-electron chi connectivity index (χ2n) is 3.80. The number of carboxylic acids is 1. The number of nitrogens with two attached hydrogens (primary N) is 1. The van der Waals surface area contributed by atoms with E-state index in [4.69, 9.17) is 10.8 Å². The van der Waals surface area contributed by atoms with Gasteiger partial charge in [0.1, 0.15) is 0 Å². The maximum atomic E-state index is 10.9. The van der Waals surface area contributed by atoms with Gasteiger partial charge in [0, 0.05) is 10.6 Å². The number of hydrogen-bond acceptors (Lipinski definition) is 5. The van der Waals surface area contributed by atoms with Crippen molar-refractivity contribution in [2.24, 2.45) is 0 Å². The van der Waals surface area contributed by atoms with Crippen LogP contribution in [0, 0.1) is 0 Å². The Labute approximate surface area is 114 Å². The van der Waals surface area contributed by atoms with Crippen molar-refractivity contribution in [1.82, 2.24) is 4.98 Å². The number of nitrogens with zero attached hydrogens (tertiary/aromatic N) is 1. The number of nitrogens with one attached hydrogen (secondary N) is 1. The summed E-state index contributed by atoms with van der Waals surface area (Å²) < 4.78 is 0. The van der Waals surface area contributed by atoms with Gasteiger partial charge in [0.2, 0.25) is 0 Å². The van der Waals surface area contributed by atoms with Crippen LogP contribution in [-0.2, 0) is 0 Å². The topological polar surface area (TPSA) is 88.2 Å². The predicted molar refractivity (Wildman–Crippen MR) is 77.1 cm³/mol. The van der Waals surface area contributed by atoms with Crippen LogP contribution in [0.25, 0.3) is 0 Å². The fourth-order valence-corrected chi connectivity index (χ4v) is 1.99. The van der Waals surface area contributed by atoms with E-state index in [1.54, 1.807) is 11.8 Å². The molecule has 1 heterocycles. The minimum Gasteiger partial charge on any atom is -0.477 e. The Balaban J connectivity index is 2.31. The van der Waals surface area contributed by atoms with E-state index in [0.717, 1.165) is 10.6 Å². The number of rotatable bonds is 4. The number of pyridine rings is 1. The molecule has 6 heteroatoms. The van der Waals surface area contributed by atoms with Gasteiger partial charge in [-0.25, -0.2) is 9.78 Å². The highest BCUT2D eigenvalue weighted by Crippen LogP contribution is 2.24. The zero-order valence-electron chi connectivity index (χ0n) is 10.3. The molecule has 0 amide bonds. The van der Waals surface area contributed by atoms with Crippen LogP contribution in [0.2, 0.25) is 0 Å². The number of carboxylic acid groups (broad SMARTS) is 1. The zero-order valence-corrected chi connectivity index (χ0v) is 11.1. The van der Waals surface area contributed by atoms with Gasteiger partial charge in [-0.15, -0.1) is 11.8 Å². The fourth-order valence-electron chi connectivity index (χ4n) is 1.53.